The molecule has 0 bridgehead atoms. The number of benzene rings is 1. The molecule has 94 valence electrons. The molecule has 0 amide bonds. The molecule has 0 atom stereocenters. The van der Waals surface area contributed by atoms with Crippen molar-refractivity contribution in [2.45, 2.75) is 58.9 Å². The van der Waals surface area contributed by atoms with Crippen molar-refractivity contribution < 1.29 is 0 Å². The van der Waals surface area contributed by atoms with Crippen molar-refractivity contribution in [1.29, 1.82) is 0 Å². The predicted molar refractivity (Wildman–Crippen MR) is 74.5 cm³/mol. The van der Waals surface area contributed by atoms with E-state index in [0.29, 0.717) is 0 Å². The second kappa shape index (κ2) is 5.68. The maximum Gasteiger partial charge on any atom is 0.0208 e. The van der Waals surface area contributed by atoms with Crippen LogP contribution in [0.4, 0.5) is 0 Å². The summed E-state index contributed by atoms with van der Waals surface area (Å²) in [6.07, 6.45) is 5.37. The van der Waals surface area contributed by atoms with E-state index in [1.54, 1.807) is 5.56 Å². The molecule has 0 aromatic heterocycles. The third kappa shape index (κ3) is 2.71. The molecule has 0 aliphatic heterocycles. The summed E-state index contributed by atoms with van der Waals surface area (Å²) in [5.74, 6) is 0.842. The zero-order valence-electron chi connectivity index (χ0n) is 11.5. The van der Waals surface area contributed by atoms with Gasteiger partial charge in [-0.05, 0) is 60.9 Å². The zero-order chi connectivity index (χ0) is 12.3. The molecule has 17 heavy (non-hydrogen) atoms. The largest absolute Gasteiger partial charge is 0.313 e. The minimum Gasteiger partial charge on any atom is -0.313 e. The summed E-state index contributed by atoms with van der Waals surface area (Å²) in [4.78, 5) is 0. The number of hydrogen-bond acceptors (Lipinski definition) is 1. The second-order valence-electron chi connectivity index (χ2n) is 5.24. The van der Waals surface area contributed by atoms with Gasteiger partial charge in [0, 0.05) is 6.54 Å². The van der Waals surface area contributed by atoms with Gasteiger partial charge in [0.25, 0.3) is 0 Å². The van der Waals surface area contributed by atoms with Gasteiger partial charge in [-0.1, -0.05) is 32.4 Å². The van der Waals surface area contributed by atoms with Gasteiger partial charge in [0.15, 0.2) is 0 Å². The van der Waals surface area contributed by atoms with Gasteiger partial charge in [-0.3, -0.25) is 0 Å². The molecule has 0 saturated heterocycles. The first-order valence-electron chi connectivity index (χ1n) is 7.09. The van der Waals surface area contributed by atoms with Gasteiger partial charge in [-0.2, -0.15) is 0 Å². The lowest BCUT2D eigenvalue weighted by Crippen LogP contribution is -2.18. The third-order valence-corrected chi connectivity index (χ3v) is 4.09. The van der Waals surface area contributed by atoms with Crippen molar-refractivity contribution in [3.8, 4) is 0 Å². The van der Waals surface area contributed by atoms with E-state index in [2.05, 4.69) is 38.2 Å². The molecule has 1 aliphatic carbocycles. The molecule has 1 aromatic rings. The number of aryl methyl sites for hydroxylation is 2. The molecule has 1 aliphatic rings. The smallest absolute Gasteiger partial charge is 0.0208 e. The Bertz CT molecular complexity index is 377. The Balaban J connectivity index is 2.29. The standard InChI is InChI=1S/C16H25N/c1-4-13-10-16(14-7-6-8-14)15(9-12(13)3)11-17-5-2/h9-10,14,17H,4-8,11H2,1-3H3. The Labute approximate surface area is 106 Å². The fourth-order valence-corrected chi connectivity index (χ4v) is 2.72. The van der Waals surface area contributed by atoms with Gasteiger partial charge in [0.2, 0.25) is 0 Å². The lowest BCUT2D eigenvalue weighted by molar-refractivity contribution is 0.416. The summed E-state index contributed by atoms with van der Waals surface area (Å²) in [6.45, 7) is 8.78. The van der Waals surface area contributed by atoms with E-state index in [9.17, 15) is 0 Å². The molecule has 0 spiro atoms. The van der Waals surface area contributed by atoms with Crippen molar-refractivity contribution >= 4 is 0 Å². The molecule has 1 aromatic carbocycles. The van der Waals surface area contributed by atoms with Crippen molar-refractivity contribution in [2.24, 2.45) is 0 Å². The number of hydrogen-bond donors (Lipinski definition) is 1. The fourth-order valence-electron chi connectivity index (χ4n) is 2.72. The maximum atomic E-state index is 3.47. The maximum absolute atomic E-state index is 3.47. The SMILES string of the molecule is CCNCc1cc(C)c(CC)cc1C1CCC1. The average molecular weight is 231 g/mol. The molecule has 1 nitrogen and oxygen atoms in total. The van der Waals surface area contributed by atoms with Gasteiger partial charge >= 0.3 is 0 Å². The van der Waals surface area contributed by atoms with Gasteiger partial charge in [0.1, 0.15) is 0 Å². The monoisotopic (exact) mass is 231 g/mol. The van der Waals surface area contributed by atoms with Crippen LogP contribution in [-0.4, -0.2) is 6.54 Å². The average Bonchev–Trinajstić information content (AvgIpc) is 2.26. The van der Waals surface area contributed by atoms with E-state index < -0.39 is 0 Å². The summed E-state index contributed by atoms with van der Waals surface area (Å²) in [6, 6.07) is 4.89. The molecule has 1 heteroatoms. The Morgan fingerprint density at radius 3 is 2.47 bits per heavy atom. The number of nitrogens with one attached hydrogen (secondary N) is 1. The highest BCUT2D eigenvalue weighted by atomic mass is 14.8. The van der Waals surface area contributed by atoms with E-state index in [4.69, 9.17) is 0 Å². The van der Waals surface area contributed by atoms with Crippen molar-refractivity contribution in [1.82, 2.24) is 5.32 Å². The molecule has 0 radical (unpaired) electrons. The summed E-state index contributed by atoms with van der Waals surface area (Å²) < 4.78 is 0. The van der Waals surface area contributed by atoms with Gasteiger partial charge < -0.3 is 5.32 Å². The minimum atomic E-state index is 0.842. The van der Waals surface area contributed by atoms with E-state index in [0.717, 1.165) is 25.4 Å². The van der Waals surface area contributed by atoms with Crippen LogP contribution in [0.5, 0.6) is 0 Å². The summed E-state index contributed by atoms with van der Waals surface area (Å²) in [5, 5.41) is 3.47. The molecular formula is C16H25N. The van der Waals surface area contributed by atoms with Gasteiger partial charge in [-0.25, -0.2) is 0 Å². The molecular weight excluding hydrogens is 206 g/mol. The summed E-state index contributed by atoms with van der Waals surface area (Å²) in [7, 11) is 0. The summed E-state index contributed by atoms with van der Waals surface area (Å²) in [5.41, 5.74) is 6.15. The zero-order valence-corrected chi connectivity index (χ0v) is 11.5. The van der Waals surface area contributed by atoms with Crippen LogP contribution in [0.1, 0.15) is 61.3 Å². The topological polar surface area (TPSA) is 12.0 Å². The minimum absolute atomic E-state index is 0.842. The van der Waals surface area contributed by atoms with Crippen LogP contribution in [0.3, 0.4) is 0 Å². The highest BCUT2D eigenvalue weighted by molar-refractivity contribution is 5.40. The van der Waals surface area contributed by atoms with Crippen molar-refractivity contribution in [2.75, 3.05) is 6.54 Å². The lowest BCUT2D eigenvalue weighted by Gasteiger charge is -2.29. The molecule has 2 rings (SSSR count). The van der Waals surface area contributed by atoms with Crippen LogP contribution in [-0.2, 0) is 13.0 Å². The first kappa shape index (κ1) is 12.6. The van der Waals surface area contributed by atoms with Crippen LogP contribution >= 0.6 is 0 Å². The van der Waals surface area contributed by atoms with E-state index in [1.807, 2.05) is 0 Å². The third-order valence-electron chi connectivity index (χ3n) is 4.09. The molecule has 1 N–H and O–H groups in total. The first-order valence-corrected chi connectivity index (χ1v) is 7.09. The van der Waals surface area contributed by atoms with Crippen LogP contribution in [0.2, 0.25) is 0 Å². The quantitative estimate of drug-likeness (QED) is 0.809. The normalized spacial score (nSPS) is 15.9. The summed E-state index contributed by atoms with van der Waals surface area (Å²) >= 11 is 0. The lowest BCUT2D eigenvalue weighted by atomic mass is 9.77. The second-order valence-corrected chi connectivity index (χ2v) is 5.24. The van der Waals surface area contributed by atoms with Gasteiger partial charge in [-0.15, -0.1) is 0 Å². The highest BCUT2D eigenvalue weighted by Crippen LogP contribution is 2.39. The Morgan fingerprint density at radius 2 is 1.94 bits per heavy atom. The Hall–Kier alpha value is -0.820. The van der Waals surface area contributed by atoms with E-state index in [1.165, 1.54) is 36.0 Å². The predicted octanol–water partition coefficient (Wildman–Crippen LogP) is 3.93. The van der Waals surface area contributed by atoms with Crippen molar-refractivity contribution in [3.05, 3.63) is 34.4 Å². The Kier molecular flexibility index (Phi) is 4.22. The van der Waals surface area contributed by atoms with E-state index in [-0.39, 0.29) is 0 Å². The molecule has 0 heterocycles. The van der Waals surface area contributed by atoms with Crippen LogP contribution < -0.4 is 5.32 Å². The highest BCUT2D eigenvalue weighted by Gasteiger charge is 2.22. The van der Waals surface area contributed by atoms with E-state index >= 15 is 0 Å². The Morgan fingerprint density at radius 1 is 1.18 bits per heavy atom. The molecule has 1 fully saturated rings. The molecule has 0 unspecified atom stereocenters. The van der Waals surface area contributed by atoms with Gasteiger partial charge in [0.05, 0.1) is 0 Å². The van der Waals surface area contributed by atoms with Crippen molar-refractivity contribution in [3.63, 3.8) is 0 Å². The van der Waals surface area contributed by atoms with Crippen LogP contribution in [0.25, 0.3) is 0 Å². The number of rotatable bonds is 5. The fraction of sp³-hybridized carbons (Fsp3) is 0.625. The molecule has 1 saturated carbocycles. The first-order chi connectivity index (χ1) is 8.26. The van der Waals surface area contributed by atoms with Crippen LogP contribution in [0.15, 0.2) is 12.1 Å². The van der Waals surface area contributed by atoms with Crippen LogP contribution in [0, 0.1) is 6.92 Å².